The molecule has 0 unspecified atom stereocenters. The molecule has 118 valence electrons. The zero-order valence-corrected chi connectivity index (χ0v) is 12.0. The predicted molar refractivity (Wildman–Crippen MR) is 72.1 cm³/mol. The largest absolute Gasteiger partial charge is 0.466 e. The number of carbonyl (C=O) groups is 3. The lowest BCUT2D eigenvalue weighted by Crippen LogP contribution is -2.17. The number of hydrogen-bond donors (Lipinski definition) is 1. The molecule has 0 aromatic heterocycles. The summed E-state index contributed by atoms with van der Waals surface area (Å²) >= 11 is 0. The molecule has 0 aliphatic carbocycles. The number of carbonyl (C=O) groups excluding carboxylic acids is 3. The number of benzene rings is 1. The number of ether oxygens (including phenoxy) is 2. The molecule has 6 nitrogen and oxygen atoms in total. The average molecular weight is 313 g/mol. The smallest absolute Gasteiger partial charge is 0.354 e. The molecule has 0 aliphatic heterocycles. The number of anilines is 1. The highest BCUT2D eigenvalue weighted by molar-refractivity contribution is 5.99. The first-order valence-corrected chi connectivity index (χ1v) is 5.95. The van der Waals surface area contributed by atoms with Crippen LogP contribution >= 0.6 is 0 Å². The lowest BCUT2D eigenvalue weighted by molar-refractivity contribution is -0.138. The van der Waals surface area contributed by atoms with E-state index in [9.17, 15) is 23.2 Å². The van der Waals surface area contributed by atoms with Crippen molar-refractivity contribution in [3.8, 4) is 0 Å². The summed E-state index contributed by atoms with van der Waals surface area (Å²) < 4.78 is 36.5. The quantitative estimate of drug-likeness (QED) is 0.507. The molecule has 0 aliphatic rings. The lowest BCUT2D eigenvalue weighted by Gasteiger charge is -2.11. The van der Waals surface area contributed by atoms with Gasteiger partial charge in [0.25, 0.3) is 0 Å². The van der Waals surface area contributed by atoms with E-state index in [1.165, 1.54) is 0 Å². The van der Waals surface area contributed by atoms with Gasteiger partial charge >= 0.3 is 11.9 Å². The van der Waals surface area contributed by atoms with Crippen LogP contribution in [0.1, 0.15) is 17.3 Å². The van der Waals surface area contributed by atoms with E-state index in [0.29, 0.717) is 6.08 Å². The Balaban J connectivity index is 3.24. The number of esters is 2. The van der Waals surface area contributed by atoms with Crippen LogP contribution in [0.2, 0.25) is 0 Å². The zero-order valence-electron chi connectivity index (χ0n) is 12.0. The van der Waals surface area contributed by atoms with Gasteiger partial charge in [-0.2, -0.15) is 0 Å². The van der Waals surface area contributed by atoms with Crippen LogP contribution < -0.4 is 5.32 Å². The van der Waals surface area contributed by atoms with Crippen molar-refractivity contribution in [3.63, 3.8) is 0 Å². The fourth-order valence-corrected chi connectivity index (χ4v) is 1.46. The molecule has 0 heterocycles. The van der Waals surface area contributed by atoms with Crippen molar-refractivity contribution < 1.29 is 32.6 Å². The van der Waals surface area contributed by atoms with Gasteiger partial charge in [0.15, 0.2) is 5.78 Å². The van der Waals surface area contributed by atoms with Crippen molar-refractivity contribution in [1.29, 1.82) is 0 Å². The Bertz CT molecular complexity index is 632. The van der Waals surface area contributed by atoms with Gasteiger partial charge in [-0.25, -0.2) is 18.4 Å². The summed E-state index contributed by atoms with van der Waals surface area (Å²) in [5, 5.41) is 2.12. The van der Waals surface area contributed by atoms with E-state index < -0.39 is 40.7 Å². The van der Waals surface area contributed by atoms with Gasteiger partial charge in [0.05, 0.1) is 20.3 Å². The van der Waals surface area contributed by atoms with Gasteiger partial charge in [0.2, 0.25) is 0 Å². The second-order valence-corrected chi connectivity index (χ2v) is 4.07. The van der Waals surface area contributed by atoms with Crippen LogP contribution in [0, 0.1) is 11.6 Å². The van der Waals surface area contributed by atoms with Crippen molar-refractivity contribution in [1.82, 2.24) is 0 Å². The fraction of sp³-hybridized carbons (Fsp3) is 0.214. The van der Waals surface area contributed by atoms with Crippen LogP contribution in [0.15, 0.2) is 23.9 Å². The fourth-order valence-electron chi connectivity index (χ4n) is 1.46. The molecule has 0 atom stereocenters. The normalized spacial score (nSPS) is 10.9. The standard InChI is InChI=1S/C14H13F2NO5/c1-7(18)8-4-9(15)13(10(16)5-8)17-11(14(20)22-3)6-12(19)21-2/h4-6,17H,1-3H3/b11-6+. The molecule has 0 saturated heterocycles. The van der Waals surface area contributed by atoms with E-state index in [-0.39, 0.29) is 5.56 Å². The topological polar surface area (TPSA) is 81.7 Å². The maximum Gasteiger partial charge on any atom is 0.354 e. The first-order valence-electron chi connectivity index (χ1n) is 5.95. The van der Waals surface area contributed by atoms with E-state index in [1.54, 1.807) is 0 Å². The summed E-state index contributed by atoms with van der Waals surface area (Å²) in [6, 6.07) is 1.61. The van der Waals surface area contributed by atoms with Gasteiger partial charge in [-0.15, -0.1) is 0 Å². The number of hydrogen-bond acceptors (Lipinski definition) is 6. The molecule has 1 N–H and O–H groups in total. The molecule has 0 saturated carbocycles. The van der Waals surface area contributed by atoms with E-state index in [0.717, 1.165) is 33.3 Å². The molecule has 22 heavy (non-hydrogen) atoms. The van der Waals surface area contributed by atoms with Gasteiger partial charge in [0.1, 0.15) is 23.0 Å². The molecule has 0 fully saturated rings. The van der Waals surface area contributed by atoms with E-state index in [4.69, 9.17) is 0 Å². The Kier molecular flexibility index (Phi) is 5.73. The Labute approximate surface area is 124 Å². The summed E-state index contributed by atoms with van der Waals surface area (Å²) in [7, 11) is 2.09. The SMILES string of the molecule is COC(=O)/C=C(/Nc1c(F)cc(C(C)=O)cc1F)C(=O)OC. The average Bonchev–Trinajstić information content (AvgIpc) is 2.48. The first-order chi connectivity index (χ1) is 10.3. The number of methoxy groups -OCH3 is 2. The highest BCUT2D eigenvalue weighted by Crippen LogP contribution is 2.23. The Morgan fingerprint density at radius 1 is 1.09 bits per heavy atom. The summed E-state index contributed by atoms with van der Waals surface area (Å²) in [4.78, 5) is 33.8. The molecule has 1 aromatic carbocycles. The molecule has 0 amide bonds. The molecular weight excluding hydrogens is 300 g/mol. The number of halogens is 2. The maximum atomic E-state index is 13.9. The van der Waals surface area contributed by atoms with Crippen LogP contribution in [0.3, 0.4) is 0 Å². The van der Waals surface area contributed by atoms with Crippen LogP contribution in [0.5, 0.6) is 0 Å². The van der Waals surface area contributed by atoms with Gasteiger partial charge in [-0.1, -0.05) is 0 Å². The van der Waals surface area contributed by atoms with Crippen LogP contribution in [-0.2, 0) is 19.1 Å². The zero-order chi connectivity index (χ0) is 16.9. The molecule has 1 rings (SSSR count). The molecular formula is C14H13F2NO5. The molecule has 8 heteroatoms. The third-order valence-corrected chi connectivity index (χ3v) is 2.58. The molecule has 0 radical (unpaired) electrons. The predicted octanol–water partition coefficient (Wildman–Crippen LogP) is 1.81. The van der Waals surface area contributed by atoms with Crippen molar-refractivity contribution >= 4 is 23.4 Å². The van der Waals surface area contributed by atoms with Crippen molar-refractivity contribution in [2.75, 3.05) is 19.5 Å². The van der Waals surface area contributed by atoms with Crippen LogP contribution in [0.4, 0.5) is 14.5 Å². The Hall–Kier alpha value is -2.77. The van der Waals surface area contributed by atoms with Gasteiger partial charge < -0.3 is 14.8 Å². The van der Waals surface area contributed by atoms with Gasteiger partial charge in [-0.3, -0.25) is 4.79 Å². The van der Waals surface area contributed by atoms with Gasteiger partial charge in [0, 0.05) is 5.56 Å². The van der Waals surface area contributed by atoms with Crippen molar-refractivity contribution in [2.45, 2.75) is 6.92 Å². The van der Waals surface area contributed by atoms with Crippen molar-refractivity contribution in [2.24, 2.45) is 0 Å². The number of nitrogens with one attached hydrogen (secondary N) is 1. The number of ketones is 1. The Morgan fingerprint density at radius 2 is 1.64 bits per heavy atom. The summed E-state index contributed by atoms with van der Waals surface area (Å²) in [5.74, 6) is -4.69. The minimum absolute atomic E-state index is 0.169. The number of rotatable bonds is 5. The van der Waals surface area contributed by atoms with E-state index in [2.05, 4.69) is 14.8 Å². The minimum Gasteiger partial charge on any atom is -0.466 e. The maximum absolute atomic E-state index is 13.9. The highest BCUT2D eigenvalue weighted by atomic mass is 19.1. The van der Waals surface area contributed by atoms with Gasteiger partial charge in [-0.05, 0) is 19.1 Å². The second kappa shape index (κ2) is 7.30. The van der Waals surface area contributed by atoms with Crippen LogP contribution in [0.25, 0.3) is 0 Å². The number of Topliss-reactive ketones (excluding diaryl/α,β-unsaturated/α-hetero) is 1. The first kappa shape index (κ1) is 17.3. The summed E-state index contributed by atoms with van der Waals surface area (Å²) in [6.45, 7) is 1.15. The molecule has 0 bridgehead atoms. The summed E-state index contributed by atoms with van der Waals surface area (Å²) in [6.07, 6.45) is 0.684. The third kappa shape index (κ3) is 4.11. The monoisotopic (exact) mass is 313 g/mol. The second-order valence-electron chi connectivity index (χ2n) is 4.07. The lowest BCUT2D eigenvalue weighted by atomic mass is 10.1. The minimum atomic E-state index is -1.11. The highest BCUT2D eigenvalue weighted by Gasteiger charge is 2.19. The van der Waals surface area contributed by atoms with E-state index in [1.807, 2.05) is 0 Å². The van der Waals surface area contributed by atoms with Crippen molar-refractivity contribution in [3.05, 3.63) is 41.1 Å². The molecule has 0 spiro atoms. The Morgan fingerprint density at radius 3 is 2.05 bits per heavy atom. The molecule has 1 aromatic rings. The summed E-state index contributed by atoms with van der Waals surface area (Å²) in [5.41, 5.74) is -1.40. The van der Waals surface area contributed by atoms with E-state index >= 15 is 0 Å². The van der Waals surface area contributed by atoms with Crippen LogP contribution in [-0.4, -0.2) is 31.9 Å². The third-order valence-electron chi connectivity index (χ3n) is 2.58.